The van der Waals surface area contributed by atoms with E-state index in [1.54, 1.807) is 6.20 Å². The molecule has 0 amide bonds. The Morgan fingerprint density at radius 3 is 3.00 bits per heavy atom. The van der Waals surface area contributed by atoms with Gasteiger partial charge in [-0.1, -0.05) is 15.9 Å². The van der Waals surface area contributed by atoms with Crippen LogP contribution in [0.2, 0.25) is 0 Å². The van der Waals surface area contributed by atoms with Crippen LogP contribution in [0.15, 0.2) is 28.9 Å². The molecule has 0 saturated carbocycles. The molecule has 0 fully saturated rings. The van der Waals surface area contributed by atoms with Gasteiger partial charge in [-0.2, -0.15) is 0 Å². The van der Waals surface area contributed by atoms with Gasteiger partial charge >= 0.3 is 5.97 Å². The molecule has 1 unspecified atom stereocenters. The van der Waals surface area contributed by atoms with E-state index in [0.717, 1.165) is 21.3 Å². The Kier molecular flexibility index (Phi) is 2.98. The molecular formula is C11H10BrN2O2. The average molecular weight is 282 g/mol. The van der Waals surface area contributed by atoms with Gasteiger partial charge in [0.1, 0.15) is 6.04 Å². The van der Waals surface area contributed by atoms with E-state index in [1.165, 1.54) is 0 Å². The second-order valence-electron chi connectivity index (χ2n) is 3.59. The number of carbonyl (C=O) groups is 1. The predicted octanol–water partition coefficient (Wildman–Crippen LogP) is 1.84. The number of rotatable bonds is 3. The summed E-state index contributed by atoms with van der Waals surface area (Å²) < 4.78 is 0.943. The van der Waals surface area contributed by atoms with Crippen molar-refractivity contribution in [3.05, 3.63) is 34.4 Å². The van der Waals surface area contributed by atoms with E-state index in [2.05, 4.69) is 21.2 Å². The Balaban J connectivity index is 2.22. The summed E-state index contributed by atoms with van der Waals surface area (Å²) in [6.45, 7) is 0. The van der Waals surface area contributed by atoms with Crippen LogP contribution in [0.25, 0.3) is 5.57 Å². The summed E-state index contributed by atoms with van der Waals surface area (Å²) in [6.07, 6.45) is 1.97. The van der Waals surface area contributed by atoms with E-state index >= 15 is 0 Å². The first-order valence-corrected chi connectivity index (χ1v) is 5.55. The summed E-state index contributed by atoms with van der Waals surface area (Å²) in [5, 5.41) is 13.0. The highest BCUT2D eigenvalue weighted by molar-refractivity contribution is 9.10. The molecule has 83 valence electrons. The minimum absolute atomic E-state index is 0.294. The fourth-order valence-electron chi connectivity index (χ4n) is 1.58. The van der Waals surface area contributed by atoms with Gasteiger partial charge in [-0.3, -0.25) is 10.1 Å². The molecule has 0 saturated heterocycles. The molecule has 16 heavy (non-hydrogen) atoms. The van der Waals surface area contributed by atoms with Crippen LogP contribution >= 0.6 is 15.9 Å². The number of fused-ring (bicyclic) bond motifs is 1. The molecule has 1 radical (unpaired) electrons. The van der Waals surface area contributed by atoms with Gasteiger partial charge in [-0.15, -0.1) is 0 Å². The van der Waals surface area contributed by atoms with Crippen molar-refractivity contribution < 1.29 is 9.90 Å². The van der Waals surface area contributed by atoms with Gasteiger partial charge in [-0.25, -0.2) is 0 Å². The second kappa shape index (κ2) is 4.27. The molecular weight excluding hydrogens is 272 g/mol. The topological polar surface area (TPSA) is 77.4 Å². The molecule has 0 aromatic heterocycles. The summed E-state index contributed by atoms with van der Waals surface area (Å²) in [7, 11) is 0. The normalized spacial score (nSPS) is 15.0. The van der Waals surface area contributed by atoms with E-state index in [4.69, 9.17) is 10.8 Å². The lowest BCUT2D eigenvalue weighted by atomic mass is 10.0. The molecule has 1 aromatic rings. The number of halogens is 1. The lowest BCUT2D eigenvalue weighted by molar-refractivity contribution is -0.138. The van der Waals surface area contributed by atoms with E-state index in [9.17, 15) is 4.79 Å². The van der Waals surface area contributed by atoms with Gasteiger partial charge in [0.15, 0.2) is 0 Å². The molecule has 2 rings (SSSR count). The van der Waals surface area contributed by atoms with Crippen LogP contribution < -0.4 is 11.1 Å². The molecule has 1 aromatic carbocycles. The average Bonchev–Trinajstić information content (AvgIpc) is 2.61. The molecule has 0 aliphatic carbocycles. The van der Waals surface area contributed by atoms with Crippen LogP contribution in [-0.4, -0.2) is 17.1 Å². The zero-order chi connectivity index (χ0) is 11.7. The van der Waals surface area contributed by atoms with Crippen molar-refractivity contribution in [3.8, 4) is 0 Å². The summed E-state index contributed by atoms with van der Waals surface area (Å²) >= 11 is 3.37. The van der Waals surface area contributed by atoms with Crippen molar-refractivity contribution in [2.24, 2.45) is 5.73 Å². The Morgan fingerprint density at radius 2 is 2.31 bits per heavy atom. The molecule has 0 spiro atoms. The minimum Gasteiger partial charge on any atom is -0.480 e. The van der Waals surface area contributed by atoms with Crippen LogP contribution in [0.3, 0.4) is 0 Å². The third-order valence-corrected chi connectivity index (χ3v) is 2.91. The summed E-state index contributed by atoms with van der Waals surface area (Å²) in [5.74, 6) is -0.996. The van der Waals surface area contributed by atoms with Crippen molar-refractivity contribution in [2.45, 2.75) is 12.5 Å². The van der Waals surface area contributed by atoms with Crippen LogP contribution in [0.1, 0.15) is 12.0 Å². The molecule has 5 heteroatoms. The minimum atomic E-state index is -0.996. The smallest absolute Gasteiger partial charge is 0.320 e. The van der Waals surface area contributed by atoms with E-state index in [0.29, 0.717) is 6.42 Å². The van der Waals surface area contributed by atoms with Crippen molar-refractivity contribution in [3.63, 3.8) is 0 Å². The number of nitrogens with zero attached hydrogens (tertiary/aromatic N) is 1. The second-order valence-corrected chi connectivity index (χ2v) is 4.51. The maximum Gasteiger partial charge on any atom is 0.320 e. The van der Waals surface area contributed by atoms with E-state index < -0.39 is 12.0 Å². The van der Waals surface area contributed by atoms with Gasteiger partial charge in [0.05, 0.1) is 5.69 Å². The largest absolute Gasteiger partial charge is 0.480 e. The summed E-state index contributed by atoms with van der Waals surface area (Å²) in [4.78, 5) is 10.7. The number of nitrogens with two attached hydrogens (primary N) is 1. The van der Waals surface area contributed by atoms with Crippen LogP contribution in [0.4, 0.5) is 5.69 Å². The number of aliphatic carboxylic acids is 1. The van der Waals surface area contributed by atoms with Crippen molar-refractivity contribution in [1.29, 1.82) is 0 Å². The molecule has 4 nitrogen and oxygen atoms in total. The number of hydrogen-bond acceptors (Lipinski definition) is 2. The third-order valence-electron chi connectivity index (χ3n) is 2.42. The SMILES string of the molecule is NC(CC1=C[N]c2ccc(Br)cc21)C(=O)O. The Labute approximate surface area is 101 Å². The monoisotopic (exact) mass is 281 g/mol. The highest BCUT2D eigenvalue weighted by Gasteiger charge is 2.20. The highest BCUT2D eigenvalue weighted by atomic mass is 79.9. The summed E-state index contributed by atoms with van der Waals surface area (Å²) in [6, 6.07) is 4.82. The maximum absolute atomic E-state index is 10.7. The van der Waals surface area contributed by atoms with Crippen molar-refractivity contribution in [1.82, 2.24) is 5.32 Å². The molecule has 0 bridgehead atoms. The number of hydrogen-bond donors (Lipinski definition) is 2. The Hall–Kier alpha value is -1.33. The molecule has 3 N–H and O–H groups in total. The lowest BCUT2D eigenvalue weighted by Crippen LogP contribution is -2.30. The molecule has 1 atom stereocenters. The Morgan fingerprint density at radius 1 is 1.56 bits per heavy atom. The fourth-order valence-corrected chi connectivity index (χ4v) is 1.94. The fraction of sp³-hybridized carbons (Fsp3) is 0.182. The van der Waals surface area contributed by atoms with E-state index in [1.807, 2.05) is 18.2 Å². The first kappa shape index (κ1) is 11.2. The van der Waals surface area contributed by atoms with Crippen LogP contribution in [-0.2, 0) is 4.79 Å². The van der Waals surface area contributed by atoms with Crippen LogP contribution in [0, 0.1) is 0 Å². The lowest BCUT2D eigenvalue weighted by Gasteiger charge is -2.08. The quantitative estimate of drug-likeness (QED) is 0.888. The van der Waals surface area contributed by atoms with Gasteiger partial charge in [0.2, 0.25) is 0 Å². The van der Waals surface area contributed by atoms with Gasteiger partial charge in [0.25, 0.3) is 0 Å². The Bertz CT molecular complexity index is 471. The van der Waals surface area contributed by atoms with Crippen molar-refractivity contribution in [2.75, 3.05) is 0 Å². The summed E-state index contributed by atoms with van der Waals surface area (Å²) in [5.41, 5.74) is 8.17. The highest BCUT2D eigenvalue weighted by Crippen LogP contribution is 2.34. The maximum atomic E-state index is 10.7. The first-order chi connectivity index (χ1) is 7.58. The van der Waals surface area contributed by atoms with Crippen LogP contribution in [0.5, 0.6) is 0 Å². The van der Waals surface area contributed by atoms with Gasteiger partial charge in [-0.05, 0) is 23.8 Å². The van der Waals surface area contributed by atoms with Gasteiger partial charge < -0.3 is 10.8 Å². The first-order valence-electron chi connectivity index (χ1n) is 4.76. The van der Waals surface area contributed by atoms with Gasteiger partial charge in [0, 0.05) is 22.7 Å². The zero-order valence-electron chi connectivity index (χ0n) is 8.35. The standard InChI is InChI=1S/C11H10BrN2O2/c12-7-1-2-10-8(4-7)6(5-14-10)3-9(13)11(15)16/h1-2,4-5,9H,3,13H2,(H,15,16). The molecule has 1 aliphatic heterocycles. The number of carboxylic acid groups (broad SMARTS) is 1. The third kappa shape index (κ3) is 2.10. The van der Waals surface area contributed by atoms with E-state index in [-0.39, 0.29) is 0 Å². The van der Waals surface area contributed by atoms with Crippen molar-refractivity contribution >= 4 is 33.2 Å². The molecule has 1 aliphatic rings. The number of carboxylic acids is 1. The zero-order valence-corrected chi connectivity index (χ0v) is 9.94. The predicted molar refractivity (Wildman–Crippen MR) is 64.1 cm³/mol. The number of benzene rings is 1. The molecule has 1 heterocycles.